The van der Waals surface area contributed by atoms with Gasteiger partial charge in [-0.3, -0.25) is 10.1 Å². The van der Waals surface area contributed by atoms with Crippen molar-refractivity contribution in [2.45, 2.75) is 26.8 Å². The van der Waals surface area contributed by atoms with E-state index in [1.165, 1.54) is 7.11 Å². The number of hydrogen-bond donors (Lipinski definition) is 1. The zero-order valence-electron chi connectivity index (χ0n) is 16.8. The maximum atomic E-state index is 13.2. The number of rotatable bonds is 5. The summed E-state index contributed by atoms with van der Waals surface area (Å²) < 4.78 is 6.56. The fourth-order valence-corrected chi connectivity index (χ4v) is 4.60. The van der Waals surface area contributed by atoms with Gasteiger partial charge in [0.2, 0.25) is 0 Å². The molecular formula is C20H19N5O3S2. The van der Waals surface area contributed by atoms with Crippen LogP contribution in [0.3, 0.4) is 0 Å². The van der Waals surface area contributed by atoms with Crippen molar-refractivity contribution in [2.75, 3.05) is 12.4 Å². The van der Waals surface area contributed by atoms with E-state index in [1.54, 1.807) is 35.2 Å². The van der Waals surface area contributed by atoms with Gasteiger partial charge >= 0.3 is 5.97 Å². The third kappa shape index (κ3) is 3.59. The summed E-state index contributed by atoms with van der Waals surface area (Å²) in [7, 11) is 1.31. The van der Waals surface area contributed by atoms with Crippen molar-refractivity contribution in [1.29, 1.82) is 0 Å². The van der Waals surface area contributed by atoms with Gasteiger partial charge in [0.15, 0.2) is 10.8 Å². The number of carbonyl (C=O) groups excluding carboxylic acids is 2. The quantitative estimate of drug-likeness (QED) is 0.456. The summed E-state index contributed by atoms with van der Waals surface area (Å²) in [5.41, 5.74) is 2.30. The number of thiazole rings is 1. The minimum absolute atomic E-state index is 0.0914. The molecule has 0 spiro atoms. The topological polar surface area (TPSA) is 99.0 Å². The Balaban J connectivity index is 1.77. The van der Waals surface area contributed by atoms with Gasteiger partial charge in [0, 0.05) is 6.04 Å². The molecule has 0 bridgehead atoms. The molecule has 154 valence electrons. The molecule has 0 aliphatic carbocycles. The van der Waals surface area contributed by atoms with Gasteiger partial charge in [0.25, 0.3) is 5.91 Å². The van der Waals surface area contributed by atoms with E-state index in [4.69, 9.17) is 9.72 Å². The lowest BCUT2D eigenvalue weighted by Crippen LogP contribution is -2.13. The van der Waals surface area contributed by atoms with Crippen molar-refractivity contribution in [2.24, 2.45) is 0 Å². The van der Waals surface area contributed by atoms with Gasteiger partial charge in [-0.05, 0) is 38.3 Å². The second-order valence-electron chi connectivity index (χ2n) is 6.83. The highest BCUT2D eigenvalue weighted by Crippen LogP contribution is 2.30. The van der Waals surface area contributed by atoms with Crippen molar-refractivity contribution < 1.29 is 14.3 Å². The molecular weight excluding hydrogens is 422 g/mol. The molecule has 0 aromatic carbocycles. The smallest absolute Gasteiger partial charge is 0.350 e. The molecule has 4 rings (SSSR count). The summed E-state index contributed by atoms with van der Waals surface area (Å²) >= 11 is 2.63. The van der Waals surface area contributed by atoms with Crippen LogP contribution in [0.2, 0.25) is 0 Å². The molecule has 10 heteroatoms. The molecule has 0 saturated heterocycles. The van der Waals surface area contributed by atoms with Crippen LogP contribution in [0.25, 0.3) is 21.6 Å². The summed E-state index contributed by atoms with van der Waals surface area (Å²) in [4.78, 5) is 35.4. The van der Waals surface area contributed by atoms with Crippen LogP contribution in [0.4, 0.5) is 5.13 Å². The van der Waals surface area contributed by atoms with Gasteiger partial charge in [-0.15, -0.1) is 11.3 Å². The number of aryl methyl sites for hydroxylation is 1. The Kier molecular flexibility index (Phi) is 5.35. The standard InChI is InChI=1S/C20H19N5O3S2/c1-10(2)25-17-13(9-21-25)12(8-14(23-17)15-6-5-7-29-15)18(26)24-20-22-11(3)16(30-20)19(27)28-4/h5-10H,1-4H3,(H,22,24,26). The van der Waals surface area contributed by atoms with E-state index in [0.717, 1.165) is 16.2 Å². The van der Waals surface area contributed by atoms with Crippen LogP contribution in [0.5, 0.6) is 0 Å². The van der Waals surface area contributed by atoms with E-state index >= 15 is 0 Å². The number of aromatic nitrogens is 4. The number of fused-ring (bicyclic) bond motifs is 1. The van der Waals surface area contributed by atoms with Gasteiger partial charge in [0.05, 0.1) is 40.5 Å². The molecule has 0 atom stereocenters. The second-order valence-corrected chi connectivity index (χ2v) is 8.78. The SMILES string of the molecule is COC(=O)c1sc(NC(=O)c2cc(-c3cccs3)nc3c2cnn3C(C)C)nc1C. The second kappa shape index (κ2) is 7.96. The van der Waals surface area contributed by atoms with Crippen LogP contribution in [0.1, 0.15) is 45.6 Å². The van der Waals surface area contributed by atoms with E-state index in [0.29, 0.717) is 38.0 Å². The number of methoxy groups -OCH3 is 1. The van der Waals surface area contributed by atoms with Crippen molar-refractivity contribution in [1.82, 2.24) is 19.7 Å². The first kappa shape index (κ1) is 20.2. The molecule has 4 aromatic heterocycles. The van der Waals surface area contributed by atoms with Gasteiger partial charge in [-0.25, -0.2) is 19.4 Å². The number of hydrogen-bond acceptors (Lipinski definition) is 8. The van der Waals surface area contributed by atoms with Crippen LogP contribution < -0.4 is 5.32 Å². The molecule has 0 radical (unpaired) electrons. The summed E-state index contributed by atoms with van der Waals surface area (Å²) in [6.45, 7) is 5.72. The highest BCUT2D eigenvalue weighted by molar-refractivity contribution is 7.17. The first-order chi connectivity index (χ1) is 14.4. The highest BCUT2D eigenvalue weighted by Gasteiger charge is 2.21. The average Bonchev–Trinajstić information content (AvgIpc) is 3.46. The molecule has 4 heterocycles. The van der Waals surface area contributed by atoms with Crippen molar-refractivity contribution in [3.63, 3.8) is 0 Å². The maximum absolute atomic E-state index is 13.2. The molecule has 0 aliphatic rings. The van der Waals surface area contributed by atoms with Crippen LogP contribution >= 0.6 is 22.7 Å². The van der Waals surface area contributed by atoms with Crippen LogP contribution in [0, 0.1) is 6.92 Å². The van der Waals surface area contributed by atoms with Crippen molar-refractivity contribution in [3.8, 4) is 10.6 Å². The van der Waals surface area contributed by atoms with Gasteiger partial charge < -0.3 is 4.74 Å². The van der Waals surface area contributed by atoms with E-state index in [2.05, 4.69) is 15.4 Å². The maximum Gasteiger partial charge on any atom is 0.350 e. The lowest BCUT2D eigenvalue weighted by Gasteiger charge is -2.09. The van der Waals surface area contributed by atoms with Crippen molar-refractivity contribution in [3.05, 3.63) is 45.9 Å². The number of ether oxygens (including phenoxy) is 1. The fraction of sp³-hybridized carbons (Fsp3) is 0.250. The molecule has 30 heavy (non-hydrogen) atoms. The van der Waals surface area contributed by atoms with Gasteiger partial charge in [0.1, 0.15) is 4.88 Å². The zero-order valence-corrected chi connectivity index (χ0v) is 18.4. The van der Waals surface area contributed by atoms with Crippen LogP contribution in [0.15, 0.2) is 29.8 Å². The molecule has 8 nitrogen and oxygen atoms in total. The molecule has 0 unspecified atom stereocenters. The summed E-state index contributed by atoms with van der Waals surface area (Å²) in [5, 5.41) is 10.2. The van der Waals surface area contributed by atoms with Crippen molar-refractivity contribution >= 4 is 50.7 Å². The highest BCUT2D eigenvalue weighted by atomic mass is 32.1. The van der Waals surface area contributed by atoms with E-state index in [1.807, 2.05) is 31.4 Å². The Morgan fingerprint density at radius 3 is 2.73 bits per heavy atom. The van der Waals surface area contributed by atoms with E-state index in [-0.39, 0.29) is 11.9 Å². The number of pyridine rings is 1. The molecule has 1 N–H and O–H groups in total. The first-order valence-electron chi connectivity index (χ1n) is 9.18. The first-order valence-corrected chi connectivity index (χ1v) is 10.9. The summed E-state index contributed by atoms with van der Waals surface area (Å²) in [5.74, 6) is -0.816. The Hall–Kier alpha value is -3.11. The van der Waals surface area contributed by atoms with Gasteiger partial charge in [-0.2, -0.15) is 5.10 Å². The fourth-order valence-electron chi connectivity index (χ4n) is 3.03. The number of anilines is 1. The molecule has 0 aliphatic heterocycles. The van der Waals surface area contributed by atoms with E-state index in [9.17, 15) is 9.59 Å². The van der Waals surface area contributed by atoms with Crippen LogP contribution in [-0.4, -0.2) is 38.7 Å². The average molecular weight is 442 g/mol. The number of carbonyl (C=O) groups is 2. The number of esters is 1. The van der Waals surface area contributed by atoms with Crippen LogP contribution in [-0.2, 0) is 4.74 Å². The number of nitrogens with zero attached hydrogens (tertiary/aromatic N) is 4. The lowest BCUT2D eigenvalue weighted by atomic mass is 10.1. The van der Waals surface area contributed by atoms with Gasteiger partial charge in [-0.1, -0.05) is 17.4 Å². The Morgan fingerprint density at radius 2 is 2.07 bits per heavy atom. The molecule has 1 amide bonds. The number of nitrogens with one attached hydrogen (secondary N) is 1. The predicted octanol–water partition coefficient (Wildman–Crippen LogP) is 4.54. The van der Waals surface area contributed by atoms with E-state index < -0.39 is 5.97 Å². The predicted molar refractivity (Wildman–Crippen MR) is 117 cm³/mol. The monoisotopic (exact) mass is 441 g/mol. The largest absolute Gasteiger partial charge is 0.465 e. The molecule has 0 fully saturated rings. The number of thiophene rings is 1. The summed E-state index contributed by atoms with van der Waals surface area (Å²) in [6.07, 6.45) is 1.66. The Labute approximate surface area is 180 Å². The zero-order chi connectivity index (χ0) is 21.4. The Morgan fingerprint density at radius 1 is 1.27 bits per heavy atom. The normalized spacial score (nSPS) is 11.2. The minimum Gasteiger partial charge on any atom is -0.465 e. The molecule has 0 saturated carbocycles. The third-order valence-electron chi connectivity index (χ3n) is 4.46. The summed E-state index contributed by atoms with van der Waals surface area (Å²) in [6, 6.07) is 5.76. The number of amides is 1. The Bertz CT molecular complexity index is 1240. The molecule has 4 aromatic rings. The minimum atomic E-state index is -0.477. The third-order valence-corrected chi connectivity index (χ3v) is 6.41. The lowest BCUT2D eigenvalue weighted by molar-refractivity contribution is 0.0605.